The predicted molar refractivity (Wildman–Crippen MR) is 140 cm³/mol. The lowest BCUT2D eigenvalue weighted by atomic mass is 10.1. The number of aromatic nitrogens is 5. The second-order valence-electron chi connectivity index (χ2n) is 9.51. The molecule has 0 aliphatic carbocycles. The molecule has 4 aromatic rings. The van der Waals surface area contributed by atoms with Gasteiger partial charge in [0.05, 0.1) is 23.1 Å². The first-order chi connectivity index (χ1) is 17.4. The minimum absolute atomic E-state index is 0.0606. The summed E-state index contributed by atoms with van der Waals surface area (Å²) in [6, 6.07) is 11.7. The molecule has 0 radical (unpaired) electrons. The zero-order valence-electron chi connectivity index (χ0n) is 20.9. The number of urea groups is 1. The Balaban J connectivity index is 1.34. The van der Waals surface area contributed by atoms with Crippen molar-refractivity contribution >= 4 is 23.4 Å². The molecule has 0 spiro atoms. The summed E-state index contributed by atoms with van der Waals surface area (Å²) >= 11 is 0. The van der Waals surface area contributed by atoms with Gasteiger partial charge in [-0.25, -0.2) is 14.8 Å². The number of carbonyl (C=O) groups is 1. The molecule has 4 aromatic heterocycles. The zero-order valence-corrected chi connectivity index (χ0v) is 20.9. The fourth-order valence-electron chi connectivity index (χ4n) is 5.35. The third-order valence-electron chi connectivity index (χ3n) is 7.16. The van der Waals surface area contributed by atoms with Crippen LogP contribution in [0.2, 0.25) is 0 Å². The molecule has 36 heavy (non-hydrogen) atoms. The Bertz CT molecular complexity index is 1490. The van der Waals surface area contributed by atoms with Crippen LogP contribution in [0.25, 0.3) is 22.4 Å². The minimum atomic E-state index is -0.220. The quantitative estimate of drug-likeness (QED) is 0.464. The Morgan fingerprint density at radius 1 is 1.03 bits per heavy atom. The van der Waals surface area contributed by atoms with Crippen molar-refractivity contribution in [2.24, 2.45) is 7.05 Å². The molecule has 2 bridgehead atoms. The predicted octanol–water partition coefficient (Wildman–Crippen LogP) is 4.50. The molecule has 9 nitrogen and oxygen atoms in total. The van der Waals surface area contributed by atoms with E-state index >= 15 is 0 Å². The van der Waals surface area contributed by atoms with Gasteiger partial charge in [0, 0.05) is 55.0 Å². The van der Waals surface area contributed by atoms with Crippen LogP contribution in [-0.2, 0) is 7.05 Å². The number of hydrogen-bond donors (Lipinski definition) is 1. The van der Waals surface area contributed by atoms with Gasteiger partial charge in [-0.15, -0.1) is 0 Å². The summed E-state index contributed by atoms with van der Waals surface area (Å²) in [5.41, 5.74) is 7.75. The maximum absolute atomic E-state index is 13.7. The fourth-order valence-corrected chi connectivity index (χ4v) is 5.35. The Hall–Kier alpha value is -4.27. The van der Waals surface area contributed by atoms with E-state index in [4.69, 9.17) is 4.98 Å². The van der Waals surface area contributed by atoms with Crippen LogP contribution in [-0.4, -0.2) is 49.9 Å². The van der Waals surface area contributed by atoms with Crippen molar-refractivity contribution in [1.82, 2.24) is 24.7 Å². The lowest BCUT2D eigenvalue weighted by molar-refractivity contribution is 0.254. The monoisotopic (exact) mass is 480 g/mol. The van der Waals surface area contributed by atoms with Gasteiger partial charge in [0.15, 0.2) is 5.82 Å². The van der Waals surface area contributed by atoms with Gasteiger partial charge < -0.3 is 4.90 Å². The zero-order chi connectivity index (χ0) is 25.0. The molecule has 1 atom stereocenters. The highest BCUT2D eigenvalue weighted by Crippen LogP contribution is 2.40. The molecule has 6 rings (SSSR count). The van der Waals surface area contributed by atoms with Crippen LogP contribution in [0.4, 0.5) is 22.1 Å². The second kappa shape index (κ2) is 8.44. The van der Waals surface area contributed by atoms with Gasteiger partial charge in [-0.2, -0.15) is 5.10 Å². The summed E-state index contributed by atoms with van der Waals surface area (Å²) < 4.78 is 1.87. The molecule has 0 saturated carbocycles. The van der Waals surface area contributed by atoms with E-state index in [-0.39, 0.29) is 12.1 Å². The van der Waals surface area contributed by atoms with Crippen molar-refractivity contribution in [3.05, 3.63) is 65.9 Å². The lowest BCUT2D eigenvalue weighted by Crippen LogP contribution is -2.48. The number of aryl methyl sites for hydroxylation is 3. The normalized spacial score (nSPS) is 16.3. The van der Waals surface area contributed by atoms with Crippen LogP contribution in [0.15, 0.2) is 48.8 Å². The molecule has 6 heterocycles. The summed E-state index contributed by atoms with van der Waals surface area (Å²) in [5.74, 6) is 1.19. The van der Waals surface area contributed by atoms with Crippen molar-refractivity contribution < 1.29 is 4.79 Å². The average molecular weight is 481 g/mol. The second-order valence-corrected chi connectivity index (χ2v) is 9.51. The maximum Gasteiger partial charge on any atom is 0.329 e. The molecule has 2 aliphatic heterocycles. The number of anilines is 3. The van der Waals surface area contributed by atoms with Crippen LogP contribution in [0.3, 0.4) is 0 Å². The third kappa shape index (κ3) is 3.67. The number of nitrogens with one attached hydrogen (secondary N) is 1. The molecule has 2 aliphatic rings. The van der Waals surface area contributed by atoms with E-state index in [1.165, 1.54) is 0 Å². The van der Waals surface area contributed by atoms with Crippen molar-refractivity contribution in [3.63, 3.8) is 0 Å². The van der Waals surface area contributed by atoms with Gasteiger partial charge in [0.25, 0.3) is 0 Å². The smallest absolute Gasteiger partial charge is 0.329 e. The highest BCUT2D eigenvalue weighted by molar-refractivity contribution is 6.04. The number of nitrogens with zero attached hydrogens (tertiary/aromatic N) is 7. The number of rotatable bonds is 3. The van der Waals surface area contributed by atoms with Gasteiger partial charge in [0.2, 0.25) is 0 Å². The van der Waals surface area contributed by atoms with E-state index in [9.17, 15) is 4.79 Å². The highest BCUT2D eigenvalue weighted by Gasteiger charge is 2.40. The molecule has 2 amide bonds. The van der Waals surface area contributed by atoms with Crippen LogP contribution >= 0.6 is 0 Å². The number of pyridine rings is 3. The Kier molecular flexibility index (Phi) is 5.21. The summed E-state index contributed by atoms with van der Waals surface area (Å²) in [5, 5.41) is 7.56. The van der Waals surface area contributed by atoms with E-state index in [2.05, 4.69) is 31.3 Å². The summed E-state index contributed by atoms with van der Waals surface area (Å²) in [6.45, 7) is 7.70. The van der Waals surface area contributed by atoms with Crippen molar-refractivity contribution in [3.8, 4) is 22.4 Å². The number of hydrogen-bond acceptors (Lipinski definition) is 6. The molecule has 0 unspecified atom stereocenters. The maximum atomic E-state index is 13.7. The molecule has 1 saturated heterocycles. The minimum Gasteiger partial charge on any atom is -0.366 e. The number of carbonyl (C=O) groups excluding carboxylic acids is 1. The van der Waals surface area contributed by atoms with E-state index < -0.39 is 0 Å². The SMILES string of the molecule is Cc1cc(-c2ccc3c(n2)N(C(=O)Nc2cc(-c4c(C)nn(C)c4C)ccn2)[C@H]2CCN3C2)ccn1. The first-order valence-corrected chi connectivity index (χ1v) is 12.1. The van der Waals surface area contributed by atoms with Crippen molar-refractivity contribution in [2.75, 3.05) is 28.2 Å². The van der Waals surface area contributed by atoms with E-state index in [1.807, 2.05) is 67.7 Å². The van der Waals surface area contributed by atoms with E-state index in [0.717, 1.165) is 64.7 Å². The Labute approximate surface area is 209 Å². The molecule has 0 aromatic carbocycles. The number of amides is 2. The molecule has 182 valence electrons. The largest absolute Gasteiger partial charge is 0.366 e. The average Bonchev–Trinajstić information content (AvgIpc) is 3.39. The fraction of sp³-hybridized carbons (Fsp3) is 0.296. The molecule has 9 heteroatoms. The molecular weight excluding hydrogens is 452 g/mol. The standard InChI is InChI=1S/C27H28N8O/c1-16-13-19(7-10-28-16)22-5-6-23-26(30-22)35(21-9-12-34(23)15-21)27(36)31-24-14-20(8-11-29-24)25-17(2)32-33(4)18(25)3/h5-8,10-11,13-14,21H,9,12,15H2,1-4H3,(H,29,31,36)/t21-/m0/s1. The summed E-state index contributed by atoms with van der Waals surface area (Å²) in [7, 11) is 1.93. The number of fused-ring (bicyclic) bond motifs is 4. The molecule has 1 fully saturated rings. The van der Waals surface area contributed by atoms with Gasteiger partial charge in [-0.05, 0) is 69.2 Å². The first kappa shape index (κ1) is 22.2. The van der Waals surface area contributed by atoms with Crippen LogP contribution < -0.4 is 15.1 Å². The highest BCUT2D eigenvalue weighted by atomic mass is 16.2. The van der Waals surface area contributed by atoms with Crippen LogP contribution in [0.1, 0.15) is 23.5 Å². The van der Waals surface area contributed by atoms with Gasteiger partial charge >= 0.3 is 6.03 Å². The van der Waals surface area contributed by atoms with Crippen molar-refractivity contribution in [2.45, 2.75) is 33.2 Å². The summed E-state index contributed by atoms with van der Waals surface area (Å²) in [6.07, 6.45) is 4.41. The van der Waals surface area contributed by atoms with Gasteiger partial charge in [-0.3, -0.25) is 19.9 Å². The Morgan fingerprint density at radius 3 is 2.61 bits per heavy atom. The van der Waals surface area contributed by atoms with E-state index in [0.29, 0.717) is 11.6 Å². The molecule has 1 N–H and O–H groups in total. The van der Waals surface area contributed by atoms with Crippen molar-refractivity contribution in [1.29, 1.82) is 0 Å². The molecular formula is C27H28N8O. The third-order valence-corrected chi connectivity index (χ3v) is 7.16. The van der Waals surface area contributed by atoms with Crippen LogP contribution in [0.5, 0.6) is 0 Å². The topological polar surface area (TPSA) is 92.1 Å². The summed E-state index contributed by atoms with van der Waals surface area (Å²) in [4.78, 5) is 31.5. The van der Waals surface area contributed by atoms with Gasteiger partial charge in [-0.1, -0.05) is 0 Å². The Morgan fingerprint density at radius 2 is 1.83 bits per heavy atom. The van der Waals surface area contributed by atoms with Gasteiger partial charge in [0.1, 0.15) is 5.82 Å². The van der Waals surface area contributed by atoms with Crippen LogP contribution in [0, 0.1) is 20.8 Å². The lowest BCUT2D eigenvalue weighted by Gasteiger charge is -2.35. The first-order valence-electron chi connectivity index (χ1n) is 12.1. The van der Waals surface area contributed by atoms with E-state index in [1.54, 1.807) is 12.4 Å².